The van der Waals surface area contributed by atoms with Gasteiger partial charge in [-0.25, -0.2) is 9.07 Å². The van der Waals surface area contributed by atoms with Gasteiger partial charge in [-0.3, -0.25) is 4.79 Å². The molecule has 0 radical (unpaired) electrons. The van der Waals surface area contributed by atoms with Gasteiger partial charge in [0.1, 0.15) is 17.3 Å². The lowest BCUT2D eigenvalue weighted by molar-refractivity contribution is -0.143. The molecule has 3 aromatic rings. The molecule has 1 amide bonds. The van der Waals surface area contributed by atoms with Crippen molar-refractivity contribution in [1.82, 2.24) is 20.0 Å². The molecule has 1 atom stereocenters. The summed E-state index contributed by atoms with van der Waals surface area (Å²) in [5.41, 5.74) is -1.62. The van der Waals surface area contributed by atoms with E-state index < -0.39 is 34.8 Å². The number of nitrogens with zero attached hydrogens (tertiary/aromatic N) is 3. The lowest BCUT2D eigenvalue weighted by atomic mass is 10.1. The van der Waals surface area contributed by atoms with Crippen molar-refractivity contribution in [3.8, 4) is 11.4 Å². The van der Waals surface area contributed by atoms with Gasteiger partial charge in [0.2, 0.25) is 0 Å². The van der Waals surface area contributed by atoms with Crippen molar-refractivity contribution in [3.05, 3.63) is 77.4 Å². The molecule has 0 saturated carbocycles. The third kappa shape index (κ3) is 4.91. The zero-order valence-electron chi connectivity index (χ0n) is 17.7. The number of hydrogen-bond acceptors (Lipinski definition) is 4. The molecule has 0 bridgehead atoms. The first-order chi connectivity index (χ1) is 15.1. The highest BCUT2D eigenvalue weighted by atomic mass is 19.4. The monoisotopic (exact) mass is 450 g/mol. The summed E-state index contributed by atoms with van der Waals surface area (Å²) < 4.78 is 61.1. The number of methoxy groups -OCH3 is 1. The molecule has 0 aliphatic rings. The van der Waals surface area contributed by atoms with Crippen LogP contribution in [0.2, 0.25) is 0 Å². The molecule has 10 heteroatoms. The van der Waals surface area contributed by atoms with Gasteiger partial charge >= 0.3 is 6.18 Å². The molecule has 1 N–H and O–H groups in total. The Morgan fingerprint density at radius 2 is 1.91 bits per heavy atom. The topological polar surface area (TPSA) is 59.4 Å². The number of nitrogens with one attached hydrogen (secondary N) is 1. The molecule has 0 fully saturated rings. The average Bonchev–Trinajstić information content (AvgIpc) is 3.19. The number of carbonyl (C=O) groups is 1. The Balaban J connectivity index is 1.90. The van der Waals surface area contributed by atoms with Crippen LogP contribution < -0.4 is 10.1 Å². The van der Waals surface area contributed by atoms with Crippen molar-refractivity contribution in [2.45, 2.75) is 12.2 Å². The second kappa shape index (κ2) is 9.39. The van der Waals surface area contributed by atoms with E-state index in [1.54, 1.807) is 32.3 Å². The number of likely N-dealkylation sites (N-methyl/N-ethyl adjacent to an activating group) is 1. The van der Waals surface area contributed by atoms with E-state index in [9.17, 15) is 22.4 Å². The average molecular weight is 450 g/mol. The highest BCUT2D eigenvalue weighted by Crippen LogP contribution is 2.34. The molecule has 2 aromatic carbocycles. The van der Waals surface area contributed by atoms with Crippen molar-refractivity contribution in [3.63, 3.8) is 0 Å². The molecule has 3 rings (SSSR count). The van der Waals surface area contributed by atoms with Crippen LogP contribution in [0, 0.1) is 5.82 Å². The molecule has 0 spiro atoms. The van der Waals surface area contributed by atoms with Crippen LogP contribution in [0.15, 0.2) is 54.7 Å². The standard InChI is InChI=1S/C22H22F4N4O2/c1-29(2)19(14-7-6-8-15(11-14)32-3)13-27-21(31)16-12-28-30(20(16)22(24,25)26)18-10-5-4-9-17(18)23/h4-12,19H,13H2,1-3H3,(H,27,31). The number of halogens is 4. The van der Waals surface area contributed by atoms with Crippen molar-refractivity contribution in [1.29, 1.82) is 0 Å². The molecule has 1 unspecified atom stereocenters. The molecule has 32 heavy (non-hydrogen) atoms. The molecule has 6 nitrogen and oxygen atoms in total. The van der Waals surface area contributed by atoms with Crippen LogP contribution in [0.1, 0.15) is 27.7 Å². The molecular weight excluding hydrogens is 428 g/mol. The molecule has 0 saturated heterocycles. The summed E-state index contributed by atoms with van der Waals surface area (Å²) in [6.45, 7) is 0.0289. The number of carbonyl (C=O) groups excluding carboxylic acids is 1. The highest BCUT2D eigenvalue weighted by molar-refractivity contribution is 5.95. The Morgan fingerprint density at radius 1 is 1.19 bits per heavy atom. The first-order valence-electron chi connectivity index (χ1n) is 9.62. The Labute approximate surface area is 182 Å². The summed E-state index contributed by atoms with van der Waals surface area (Å²) in [7, 11) is 5.10. The summed E-state index contributed by atoms with van der Waals surface area (Å²) in [6.07, 6.45) is -4.14. The lowest BCUT2D eigenvalue weighted by Crippen LogP contribution is -2.35. The van der Waals surface area contributed by atoms with Crippen LogP contribution in [0.25, 0.3) is 5.69 Å². The third-order valence-corrected chi connectivity index (χ3v) is 4.92. The van der Waals surface area contributed by atoms with E-state index in [-0.39, 0.29) is 12.6 Å². The lowest BCUT2D eigenvalue weighted by Gasteiger charge is -2.25. The van der Waals surface area contributed by atoms with E-state index in [4.69, 9.17) is 4.74 Å². The van der Waals surface area contributed by atoms with Crippen LogP contribution in [-0.2, 0) is 6.18 Å². The minimum absolute atomic E-state index is 0.0289. The fourth-order valence-electron chi connectivity index (χ4n) is 3.33. The van der Waals surface area contributed by atoms with Gasteiger partial charge < -0.3 is 15.0 Å². The predicted octanol–water partition coefficient (Wildman–Crippen LogP) is 4.07. The SMILES string of the molecule is COc1cccc(C(CNC(=O)c2cnn(-c3ccccc3F)c2C(F)(F)F)N(C)C)c1. The van der Waals surface area contributed by atoms with Crippen molar-refractivity contribution < 1.29 is 27.1 Å². The smallest absolute Gasteiger partial charge is 0.434 e. The molecule has 0 aliphatic heterocycles. The normalized spacial score (nSPS) is 12.6. The van der Waals surface area contributed by atoms with Gasteiger partial charge in [0.15, 0.2) is 5.69 Å². The zero-order chi connectivity index (χ0) is 23.5. The second-order valence-corrected chi connectivity index (χ2v) is 7.23. The van der Waals surface area contributed by atoms with Crippen LogP contribution in [0.5, 0.6) is 5.75 Å². The third-order valence-electron chi connectivity index (χ3n) is 4.92. The fourth-order valence-corrected chi connectivity index (χ4v) is 3.33. The van der Waals surface area contributed by atoms with Crippen LogP contribution in [0.3, 0.4) is 0 Å². The Kier molecular flexibility index (Phi) is 6.83. The first-order valence-corrected chi connectivity index (χ1v) is 9.62. The number of rotatable bonds is 7. The quantitative estimate of drug-likeness (QED) is 0.552. The maximum atomic E-state index is 14.1. The first kappa shape index (κ1) is 23.3. The van der Waals surface area contributed by atoms with Crippen molar-refractivity contribution in [2.24, 2.45) is 0 Å². The van der Waals surface area contributed by atoms with Gasteiger partial charge in [-0.05, 0) is 43.9 Å². The number of hydrogen-bond donors (Lipinski definition) is 1. The van der Waals surface area contributed by atoms with E-state index >= 15 is 0 Å². The Morgan fingerprint density at radius 3 is 2.53 bits per heavy atom. The van der Waals surface area contributed by atoms with E-state index in [1.807, 2.05) is 11.0 Å². The number of alkyl halides is 3. The number of para-hydroxylation sites is 1. The van der Waals surface area contributed by atoms with Gasteiger partial charge in [-0.15, -0.1) is 0 Å². The fraction of sp³-hybridized carbons (Fsp3) is 0.273. The Hall–Kier alpha value is -3.40. The summed E-state index contributed by atoms with van der Waals surface area (Å²) in [5.74, 6) is -1.24. The summed E-state index contributed by atoms with van der Waals surface area (Å²) >= 11 is 0. The van der Waals surface area contributed by atoms with Crippen LogP contribution in [-0.4, -0.2) is 48.3 Å². The Bertz CT molecular complexity index is 1100. The number of benzene rings is 2. The van der Waals surface area contributed by atoms with E-state index in [1.165, 1.54) is 19.2 Å². The minimum Gasteiger partial charge on any atom is -0.497 e. The number of ether oxygens (including phenoxy) is 1. The zero-order valence-corrected chi connectivity index (χ0v) is 17.7. The van der Waals surface area contributed by atoms with Crippen LogP contribution >= 0.6 is 0 Å². The van der Waals surface area contributed by atoms with Gasteiger partial charge in [-0.2, -0.15) is 18.3 Å². The summed E-state index contributed by atoms with van der Waals surface area (Å²) in [6, 6.07) is 11.7. The van der Waals surface area contributed by atoms with Gasteiger partial charge in [0, 0.05) is 6.54 Å². The van der Waals surface area contributed by atoms with E-state index in [2.05, 4.69) is 10.4 Å². The summed E-state index contributed by atoms with van der Waals surface area (Å²) in [5, 5.41) is 6.19. The number of amides is 1. The highest BCUT2D eigenvalue weighted by Gasteiger charge is 2.41. The molecule has 1 aromatic heterocycles. The van der Waals surface area contributed by atoms with Crippen molar-refractivity contribution in [2.75, 3.05) is 27.7 Å². The number of aromatic nitrogens is 2. The van der Waals surface area contributed by atoms with Crippen LogP contribution in [0.4, 0.5) is 17.6 Å². The molecule has 1 heterocycles. The van der Waals surface area contributed by atoms with Gasteiger partial charge in [0.25, 0.3) is 5.91 Å². The molecule has 0 aliphatic carbocycles. The van der Waals surface area contributed by atoms with Gasteiger partial charge in [-0.1, -0.05) is 24.3 Å². The van der Waals surface area contributed by atoms with E-state index in [0.717, 1.165) is 23.9 Å². The summed E-state index contributed by atoms with van der Waals surface area (Å²) in [4.78, 5) is 14.5. The maximum absolute atomic E-state index is 14.1. The minimum atomic E-state index is -4.93. The van der Waals surface area contributed by atoms with Crippen molar-refractivity contribution >= 4 is 5.91 Å². The maximum Gasteiger partial charge on any atom is 0.434 e. The molecular formula is C22H22F4N4O2. The second-order valence-electron chi connectivity index (χ2n) is 7.23. The van der Waals surface area contributed by atoms with Gasteiger partial charge in [0.05, 0.1) is 24.9 Å². The molecule has 170 valence electrons. The predicted molar refractivity (Wildman–Crippen MR) is 110 cm³/mol. The van der Waals surface area contributed by atoms with E-state index in [0.29, 0.717) is 10.4 Å². The largest absolute Gasteiger partial charge is 0.497 e.